The van der Waals surface area contributed by atoms with E-state index < -0.39 is 18.0 Å². The van der Waals surface area contributed by atoms with Gasteiger partial charge in [-0.05, 0) is 31.2 Å². The van der Waals surface area contributed by atoms with E-state index in [0.29, 0.717) is 17.0 Å². The summed E-state index contributed by atoms with van der Waals surface area (Å²) in [5.41, 5.74) is 1.77. The van der Waals surface area contributed by atoms with E-state index in [0.717, 1.165) is 16.4 Å². The van der Waals surface area contributed by atoms with Crippen molar-refractivity contribution in [3.05, 3.63) is 60.6 Å². The molecular formula is C21H17NO6. The minimum atomic E-state index is -1.03. The zero-order valence-electron chi connectivity index (χ0n) is 15.2. The van der Waals surface area contributed by atoms with Crippen LogP contribution in [0, 0.1) is 0 Å². The molecule has 0 spiro atoms. The molecule has 4 aromatic rings. The molecule has 1 N–H and O–H groups in total. The van der Waals surface area contributed by atoms with Gasteiger partial charge in [-0.15, -0.1) is 0 Å². The first kappa shape index (κ1) is 17.7. The molecule has 0 unspecified atom stereocenters. The van der Waals surface area contributed by atoms with E-state index in [1.165, 1.54) is 26.4 Å². The lowest BCUT2D eigenvalue weighted by atomic mass is 10.1. The molecule has 2 heterocycles. The smallest absolute Gasteiger partial charge is 0.374 e. The van der Waals surface area contributed by atoms with Crippen LogP contribution in [0.5, 0.6) is 5.75 Å². The quantitative estimate of drug-likeness (QED) is 0.518. The molecule has 28 heavy (non-hydrogen) atoms. The zero-order valence-corrected chi connectivity index (χ0v) is 15.2. The number of ether oxygens (including phenoxy) is 2. The van der Waals surface area contributed by atoms with Crippen LogP contribution in [0.4, 0.5) is 5.69 Å². The summed E-state index contributed by atoms with van der Waals surface area (Å²) in [6.07, 6.45) is 0.322. The number of carbonyl (C=O) groups excluding carboxylic acids is 2. The van der Waals surface area contributed by atoms with Gasteiger partial charge in [-0.2, -0.15) is 0 Å². The number of methoxy groups -OCH3 is 1. The van der Waals surface area contributed by atoms with Crippen molar-refractivity contribution in [2.24, 2.45) is 0 Å². The van der Waals surface area contributed by atoms with Crippen LogP contribution < -0.4 is 10.1 Å². The van der Waals surface area contributed by atoms with Crippen LogP contribution in [-0.4, -0.2) is 25.1 Å². The maximum absolute atomic E-state index is 12.5. The van der Waals surface area contributed by atoms with Crippen molar-refractivity contribution in [1.29, 1.82) is 0 Å². The van der Waals surface area contributed by atoms with Crippen molar-refractivity contribution in [3.8, 4) is 5.75 Å². The van der Waals surface area contributed by atoms with Gasteiger partial charge in [-0.25, -0.2) is 4.79 Å². The lowest BCUT2D eigenvalue weighted by Crippen LogP contribution is -2.30. The summed E-state index contributed by atoms with van der Waals surface area (Å²) in [4.78, 5) is 24.4. The highest BCUT2D eigenvalue weighted by Gasteiger charge is 2.22. The molecular weight excluding hydrogens is 362 g/mol. The SMILES string of the molecule is COc1cc2c(cc1NC(=O)[C@H](C)OC(=O)c1ccco1)oc1ccccc12. The predicted octanol–water partition coefficient (Wildman–Crippen LogP) is 4.37. The van der Waals surface area contributed by atoms with Gasteiger partial charge < -0.3 is 23.6 Å². The summed E-state index contributed by atoms with van der Waals surface area (Å²) in [6, 6.07) is 14.2. The third-order valence-electron chi connectivity index (χ3n) is 4.33. The number of nitrogens with one attached hydrogen (secondary N) is 1. The number of rotatable bonds is 5. The topological polar surface area (TPSA) is 90.9 Å². The number of para-hydroxylation sites is 1. The number of furan rings is 2. The molecule has 2 aromatic carbocycles. The molecule has 1 amide bonds. The average molecular weight is 379 g/mol. The van der Waals surface area contributed by atoms with Crippen LogP contribution in [0.1, 0.15) is 17.5 Å². The normalized spacial score (nSPS) is 12.1. The van der Waals surface area contributed by atoms with Gasteiger partial charge in [0.1, 0.15) is 16.9 Å². The number of fused-ring (bicyclic) bond motifs is 3. The van der Waals surface area contributed by atoms with Gasteiger partial charge in [-0.3, -0.25) is 4.79 Å². The molecule has 2 aromatic heterocycles. The van der Waals surface area contributed by atoms with Crippen LogP contribution in [0.15, 0.2) is 63.6 Å². The minimum absolute atomic E-state index is 0.0286. The number of anilines is 1. The second-order valence-electron chi connectivity index (χ2n) is 6.16. The molecule has 0 fully saturated rings. The minimum Gasteiger partial charge on any atom is -0.495 e. The molecule has 0 radical (unpaired) electrons. The van der Waals surface area contributed by atoms with Gasteiger partial charge in [0.15, 0.2) is 6.10 Å². The number of benzene rings is 2. The van der Waals surface area contributed by atoms with Gasteiger partial charge in [0.05, 0.1) is 19.1 Å². The third-order valence-corrected chi connectivity index (χ3v) is 4.33. The van der Waals surface area contributed by atoms with E-state index in [1.807, 2.05) is 24.3 Å². The first-order chi connectivity index (χ1) is 13.6. The van der Waals surface area contributed by atoms with Gasteiger partial charge in [0, 0.05) is 16.8 Å². The van der Waals surface area contributed by atoms with E-state index in [2.05, 4.69) is 5.32 Å². The molecule has 0 saturated heterocycles. The van der Waals surface area contributed by atoms with Gasteiger partial charge in [0.25, 0.3) is 5.91 Å². The Hall–Kier alpha value is -3.74. The summed E-state index contributed by atoms with van der Waals surface area (Å²) in [7, 11) is 1.51. The Kier molecular flexibility index (Phi) is 4.49. The molecule has 0 bridgehead atoms. The second-order valence-corrected chi connectivity index (χ2v) is 6.16. The number of esters is 1. The highest BCUT2D eigenvalue weighted by atomic mass is 16.6. The standard InChI is InChI=1S/C21H17NO6/c1-12(27-21(24)17-8-5-9-26-17)20(23)22-15-11-18-14(10-19(15)25-2)13-6-3-4-7-16(13)28-18/h3-12H,1-2H3,(H,22,23)/t12-/m0/s1. The van der Waals surface area contributed by atoms with Crippen molar-refractivity contribution in [2.75, 3.05) is 12.4 Å². The summed E-state index contributed by atoms with van der Waals surface area (Å²) in [5.74, 6) is -0.723. The van der Waals surface area contributed by atoms with E-state index in [1.54, 1.807) is 18.2 Å². The fraction of sp³-hybridized carbons (Fsp3) is 0.143. The highest BCUT2D eigenvalue weighted by Crippen LogP contribution is 2.36. The van der Waals surface area contributed by atoms with E-state index in [9.17, 15) is 9.59 Å². The first-order valence-electron chi connectivity index (χ1n) is 8.61. The fourth-order valence-corrected chi connectivity index (χ4v) is 2.92. The van der Waals surface area contributed by atoms with Crippen molar-refractivity contribution in [1.82, 2.24) is 0 Å². The lowest BCUT2D eigenvalue weighted by Gasteiger charge is -2.14. The zero-order chi connectivity index (χ0) is 19.7. The summed E-state index contributed by atoms with van der Waals surface area (Å²) in [5, 5.41) is 4.55. The summed E-state index contributed by atoms with van der Waals surface area (Å²) in [6.45, 7) is 1.47. The van der Waals surface area contributed by atoms with E-state index >= 15 is 0 Å². The van der Waals surface area contributed by atoms with Crippen molar-refractivity contribution in [3.63, 3.8) is 0 Å². The van der Waals surface area contributed by atoms with Crippen molar-refractivity contribution in [2.45, 2.75) is 13.0 Å². The third kappa shape index (κ3) is 3.18. The lowest BCUT2D eigenvalue weighted by molar-refractivity contribution is -0.123. The Morgan fingerprint density at radius 2 is 1.86 bits per heavy atom. The fourth-order valence-electron chi connectivity index (χ4n) is 2.92. The van der Waals surface area contributed by atoms with Crippen LogP contribution >= 0.6 is 0 Å². The molecule has 0 aliphatic heterocycles. The predicted molar refractivity (Wildman–Crippen MR) is 102 cm³/mol. The Labute approximate surface area is 159 Å². The Morgan fingerprint density at radius 1 is 1.04 bits per heavy atom. The molecule has 4 rings (SSSR count). The maximum atomic E-state index is 12.5. The maximum Gasteiger partial charge on any atom is 0.374 e. The Balaban J connectivity index is 1.58. The van der Waals surface area contributed by atoms with E-state index in [-0.39, 0.29) is 5.76 Å². The van der Waals surface area contributed by atoms with Gasteiger partial charge in [0.2, 0.25) is 5.76 Å². The monoisotopic (exact) mass is 379 g/mol. The molecule has 142 valence electrons. The first-order valence-corrected chi connectivity index (χ1v) is 8.61. The Morgan fingerprint density at radius 3 is 2.61 bits per heavy atom. The summed E-state index contributed by atoms with van der Waals surface area (Å²) >= 11 is 0. The second kappa shape index (κ2) is 7.11. The van der Waals surface area contributed by atoms with Crippen LogP contribution in [0.25, 0.3) is 21.9 Å². The number of hydrogen-bond acceptors (Lipinski definition) is 6. The highest BCUT2D eigenvalue weighted by molar-refractivity contribution is 6.08. The number of hydrogen-bond donors (Lipinski definition) is 1. The number of amides is 1. The van der Waals surface area contributed by atoms with Gasteiger partial charge in [-0.1, -0.05) is 18.2 Å². The summed E-state index contributed by atoms with van der Waals surface area (Å²) < 4.78 is 21.4. The van der Waals surface area contributed by atoms with Crippen molar-refractivity contribution >= 4 is 39.5 Å². The molecule has 1 atom stereocenters. The largest absolute Gasteiger partial charge is 0.495 e. The molecule has 7 nitrogen and oxygen atoms in total. The molecule has 0 saturated carbocycles. The number of carbonyl (C=O) groups is 2. The Bertz CT molecular complexity index is 1160. The van der Waals surface area contributed by atoms with E-state index in [4.69, 9.17) is 18.3 Å². The van der Waals surface area contributed by atoms with Crippen LogP contribution in [0.3, 0.4) is 0 Å². The average Bonchev–Trinajstić information content (AvgIpc) is 3.35. The van der Waals surface area contributed by atoms with Gasteiger partial charge >= 0.3 is 5.97 Å². The van der Waals surface area contributed by atoms with Crippen molar-refractivity contribution < 1.29 is 27.9 Å². The van der Waals surface area contributed by atoms with Crippen LogP contribution in [0.2, 0.25) is 0 Å². The molecule has 0 aliphatic rings. The molecule has 7 heteroatoms. The van der Waals surface area contributed by atoms with Crippen LogP contribution in [-0.2, 0) is 9.53 Å². The molecule has 0 aliphatic carbocycles.